The molecular formula is C8H4Br2N2O. The Balaban J connectivity index is 2.53. The maximum atomic E-state index is 5.25. The smallest absolute Gasteiger partial charge is 0.166 e. The fourth-order valence-electron chi connectivity index (χ4n) is 0.934. The van der Waals surface area contributed by atoms with Crippen LogP contribution in [0.5, 0.6) is 0 Å². The van der Waals surface area contributed by atoms with Crippen LogP contribution in [0, 0.1) is 0 Å². The summed E-state index contributed by atoms with van der Waals surface area (Å²) in [6.45, 7) is 0. The molecule has 0 atom stereocenters. The molecule has 3 nitrogen and oxygen atoms in total. The normalized spacial score (nSPS) is 10.3. The van der Waals surface area contributed by atoms with Gasteiger partial charge < -0.3 is 4.42 Å². The molecule has 0 bridgehead atoms. The van der Waals surface area contributed by atoms with Gasteiger partial charge in [0.25, 0.3) is 0 Å². The summed E-state index contributed by atoms with van der Waals surface area (Å²) in [4.78, 5) is 8.01. The van der Waals surface area contributed by atoms with Gasteiger partial charge in [-0.1, -0.05) is 0 Å². The Morgan fingerprint density at radius 1 is 1.23 bits per heavy atom. The van der Waals surface area contributed by atoms with Crippen LogP contribution in [-0.4, -0.2) is 9.97 Å². The van der Waals surface area contributed by atoms with E-state index in [1.807, 2.05) is 6.07 Å². The molecule has 0 amide bonds. The zero-order valence-electron chi connectivity index (χ0n) is 6.37. The minimum atomic E-state index is 0.711. The minimum Gasteiger partial charge on any atom is -0.461 e. The number of aromatic nitrogens is 2. The van der Waals surface area contributed by atoms with E-state index in [-0.39, 0.29) is 0 Å². The van der Waals surface area contributed by atoms with Gasteiger partial charge in [0.2, 0.25) is 0 Å². The van der Waals surface area contributed by atoms with Crippen LogP contribution in [0.15, 0.2) is 38.2 Å². The molecule has 0 aromatic carbocycles. The van der Waals surface area contributed by atoms with Crippen LogP contribution < -0.4 is 0 Å². The molecular weight excluding hydrogens is 300 g/mol. The SMILES string of the molecule is Brc1cc(-c2occc2Br)ncn1. The van der Waals surface area contributed by atoms with E-state index < -0.39 is 0 Å². The largest absolute Gasteiger partial charge is 0.461 e. The molecule has 2 heterocycles. The molecule has 0 saturated carbocycles. The number of furan rings is 1. The van der Waals surface area contributed by atoms with Crippen LogP contribution in [0.25, 0.3) is 11.5 Å². The van der Waals surface area contributed by atoms with Crippen molar-refractivity contribution in [3.05, 3.63) is 33.8 Å². The molecule has 0 spiro atoms. The van der Waals surface area contributed by atoms with E-state index in [0.29, 0.717) is 5.76 Å². The minimum absolute atomic E-state index is 0.711. The maximum absolute atomic E-state index is 5.25. The first-order chi connectivity index (χ1) is 6.27. The van der Waals surface area contributed by atoms with Crippen LogP contribution in [0.3, 0.4) is 0 Å². The molecule has 66 valence electrons. The molecule has 0 saturated heterocycles. The van der Waals surface area contributed by atoms with Gasteiger partial charge in [0.1, 0.15) is 16.6 Å². The second kappa shape index (κ2) is 3.59. The highest BCUT2D eigenvalue weighted by atomic mass is 79.9. The summed E-state index contributed by atoms with van der Waals surface area (Å²) in [5, 5.41) is 0. The predicted molar refractivity (Wildman–Crippen MR) is 55.1 cm³/mol. The molecule has 5 heteroatoms. The van der Waals surface area contributed by atoms with Gasteiger partial charge in [-0.15, -0.1) is 0 Å². The average Bonchev–Trinajstić information content (AvgIpc) is 2.51. The molecule has 0 aliphatic carbocycles. The molecule has 2 rings (SSSR count). The molecule has 0 aliphatic rings. The number of hydrogen-bond acceptors (Lipinski definition) is 3. The highest BCUT2D eigenvalue weighted by molar-refractivity contribution is 9.10. The zero-order valence-corrected chi connectivity index (χ0v) is 9.54. The molecule has 0 radical (unpaired) electrons. The lowest BCUT2D eigenvalue weighted by Gasteiger charge is -1.96. The highest BCUT2D eigenvalue weighted by Gasteiger charge is 2.07. The Hall–Kier alpha value is -0.680. The first-order valence-corrected chi connectivity index (χ1v) is 5.07. The predicted octanol–water partition coefficient (Wildman–Crippen LogP) is 3.26. The number of hydrogen-bond donors (Lipinski definition) is 0. The van der Waals surface area contributed by atoms with Gasteiger partial charge in [0.05, 0.1) is 10.7 Å². The van der Waals surface area contributed by atoms with Crippen molar-refractivity contribution in [1.82, 2.24) is 9.97 Å². The first kappa shape index (κ1) is 8.90. The lowest BCUT2D eigenvalue weighted by atomic mass is 10.3. The summed E-state index contributed by atoms with van der Waals surface area (Å²) in [6.07, 6.45) is 3.09. The van der Waals surface area contributed by atoms with E-state index in [2.05, 4.69) is 41.8 Å². The first-order valence-electron chi connectivity index (χ1n) is 3.48. The van der Waals surface area contributed by atoms with Crippen molar-refractivity contribution in [2.75, 3.05) is 0 Å². The van der Waals surface area contributed by atoms with Gasteiger partial charge >= 0.3 is 0 Å². The Labute approximate surface area is 91.5 Å². The summed E-state index contributed by atoms with van der Waals surface area (Å²) in [5.74, 6) is 0.711. The summed E-state index contributed by atoms with van der Waals surface area (Å²) in [7, 11) is 0. The fraction of sp³-hybridized carbons (Fsp3) is 0. The van der Waals surface area contributed by atoms with Gasteiger partial charge in [-0.25, -0.2) is 9.97 Å². The Morgan fingerprint density at radius 2 is 2.08 bits per heavy atom. The maximum Gasteiger partial charge on any atom is 0.166 e. The number of nitrogens with zero attached hydrogens (tertiary/aromatic N) is 2. The molecule has 0 aliphatic heterocycles. The third-order valence-electron chi connectivity index (χ3n) is 1.48. The standard InChI is InChI=1S/C8H4Br2N2O/c9-5-1-2-13-8(5)6-3-7(10)12-4-11-6/h1-4H. The Morgan fingerprint density at radius 3 is 2.69 bits per heavy atom. The molecule has 0 unspecified atom stereocenters. The molecule has 2 aromatic rings. The van der Waals surface area contributed by atoms with Crippen LogP contribution >= 0.6 is 31.9 Å². The van der Waals surface area contributed by atoms with Crippen molar-refractivity contribution in [1.29, 1.82) is 0 Å². The van der Waals surface area contributed by atoms with Gasteiger partial charge in [0, 0.05) is 6.07 Å². The summed E-state index contributed by atoms with van der Waals surface area (Å²) in [5.41, 5.74) is 0.749. The topological polar surface area (TPSA) is 38.9 Å². The van der Waals surface area contributed by atoms with Gasteiger partial charge in [-0.05, 0) is 37.9 Å². The van der Waals surface area contributed by atoms with Crippen LogP contribution in [-0.2, 0) is 0 Å². The highest BCUT2D eigenvalue weighted by Crippen LogP contribution is 2.28. The van der Waals surface area contributed by atoms with E-state index in [1.165, 1.54) is 6.33 Å². The summed E-state index contributed by atoms with van der Waals surface area (Å²) < 4.78 is 6.87. The zero-order chi connectivity index (χ0) is 9.26. The second-order valence-corrected chi connectivity index (χ2v) is 3.99. The van der Waals surface area contributed by atoms with Crippen molar-refractivity contribution in [2.45, 2.75) is 0 Å². The fourth-order valence-corrected chi connectivity index (χ4v) is 1.65. The van der Waals surface area contributed by atoms with Crippen molar-refractivity contribution in [2.24, 2.45) is 0 Å². The van der Waals surface area contributed by atoms with Crippen LogP contribution in [0.2, 0.25) is 0 Å². The van der Waals surface area contributed by atoms with Crippen molar-refractivity contribution < 1.29 is 4.42 Å². The van der Waals surface area contributed by atoms with Gasteiger partial charge in [0.15, 0.2) is 5.76 Å². The quantitative estimate of drug-likeness (QED) is 0.759. The van der Waals surface area contributed by atoms with E-state index in [9.17, 15) is 0 Å². The molecule has 0 N–H and O–H groups in total. The lowest BCUT2D eigenvalue weighted by molar-refractivity contribution is 0.578. The van der Waals surface area contributed by atoms with E-state index in [0.717, 1.165) is 14.8 Å². The lowest BCUT2D eigenvalue weighted by Crippen LogP contribution is -1.84. The monoisotopic (exact) mass is 302 g/mol. The van der Waals surface area contributed by atoms with Gasteiger partial charge in [-0.3, -0.25) is 0 Å². The van der Waals surface area contributed by atoms with E-state index >= 15 is 0 Å². The van der Waals surface area contributed by atoms with Crippen molar-refractivity contribution in [3.8, 4) is 11.5 Å². The second-order valence-electron chi connectivity index (χ2n) is 2.32. The number of halogens is 2. The Bertz CT molecular complexity index is 428. The third kappa shape index (κ3) is 1.81. The molecule has 0 fully saturated rings. The Kier molecular flexibility index (Phi) is 2.46. The van der Waals surface area contributed by atoms with Crippen molar-refractivity contribution >= 4 is 31.9 Å². The van der Waals surface area contributed by atoms with Crippen molar-refractivity contribution in [3.63, 3.8) is 0 Å². The summed E-state index contributed by atoms with van der Waals surface area (Å²) >= 11 is 6.62. The van der Waals surface area contributed by atoms with Gasteiger partial charge in [-0.2, -0.15) is 0 Å². The summed E-state index contributed by atoms with van der Waals surface area (Å²) in [6, 6.07) is 3.62. The average molecular weight is 304 g/mol. The third-order valence-corrected chi connectivity index (χ3v) is 2.54. The van der Waals surface area contributed by atoms with Crippen LogP contribution in [0.1, 0.15) is 0 Å². The molecule has 2 aromatic heterocycles. The van der Waals surface area contributed by atoms with E-state index in [4.69, 9.17) is 4.42 Å². The number of rotatable bonds is 1. The van der Waals surface area contributed by atoms with E-state index in [1.54, 1.807) is 12.3 Å². The molecule has 13 heavy (non-hydrogen) atoms. The van der Waals surface area contributed by atoms with Crippen LogP contribution in [0.4, 0.5) is 0 Å².